The van der Waals surface area contributed by atoms with E-state index in [-0.39, 0.29) is 12.5 Å². The number of carbonyl (C=O) groups excluding carboxylic acids is 2. The summed E-state index contributed by atoms with van der Waals surface area (Å²) in [6, 6.07) is 5.70. The van der Waals surface area contributed by atoms with Crippen molar-refractivity contribution >= 4 is 22.8 Å². The van der Waals surface area contributed by atoms with Crippen LogP contribution in [0.1, 0.15) is 34.5 Å². The molecular weight excluding hydrogens is 320 g/mol. The van der Waals surface area contributed by atoms with Gasteiger partial charge in [0, 0.05) is 35.8 Å². The first kappa shape index (κ1) is 17.5. The van der Waals surface area contributed by atoms with Gasteiger partial charge in [-0.05, 0) is 49.4 Å². The first-order valence-corrected chi connectivity index (χ1v) is 8.62. The van der Waals surface area contributed by atoms with Crippen molar-refractivity contribution in [3.05, 3.63) is 35.0 Å². The Morgan fingerprint density at radius 3 is 2.76 bits per heavy atom. The van der Waals surface area contributed by atoms with Gasteiger partial charge in [-0.3, -0.25) is 9.59 Å². The molecule has 0 radical (unpaired) electrons. The second-order valence-electron chi connectivity index (χ2n) is 6.35. The number of hydrogen-bond acceptors (Lipinski definition) is 4. The molecule has 6 nitrogen and oxygen atoms in total. The average molecular weight is 344 g/mol. The number of benzene rings is 1. The monoisotopic (exact) mass is 344 g/mol. The number of fused-ring (bicyclic) bond motifs is 3. The number of hydrogen-bond donors (Lipinski definition) is 1. The summed E-state index contributed by atoms with van der Waals surface area (Å²) in [6.45, 7) is 0.625. The lowest BCUT2D eigenvalue weighted by atomic mass is 9.95. The van der Waals surface area contributed by atoms with Gasteiger partial charge < -0.3 is 19.4 Å². The SMILES string of the molecule is COCCN(CC(=O)OC)C(=O)c1ccc2[nH]c3c(c2c1)CCCC3. The van der Waals surface area contributed by atoms with E-state index in [1.54, 1.807) is 7.11 Å². The number of aromatic amines is 1. The van der Waals surface area contributed by atoms with Gasteiger partial charge in [-0.1, -0.05) is 0 Å². The highest BCUT2D eigenvalue weighted by molar-refractivity contribution is 6.00. The Bertz CT molecular complexity index is 781. The van der Waals surface area contributed by atoms with Crippen LogP contribution in [0.15, 0.2) is 18.2 Å². The molecule has 0 spiro atoms. The highest BCUT2D eigenvalue weighted by Crippen LogP contribution is 2.30. The van der Waals surface area contributed by atoms with Crippen LogP contribution in [0.3, 0.4) is 0 Å². The molecule has 3 rings (SSSR count). The van der Waals surface area contributed by atoms with E-state index in [4.69, 9.17) is 9.47 Å². The number of rotatable bonds is 6. The van der Waals surface area contributed by atoms with Gasteiger partial charge >= 0.3 is 5.97 Å². The van der Waals surface area contributed by atoms with Crippen molar-refractivity contribution in [3.8, 4) is 0 Å². The standard InChI is InChI=1S/C19H24N2O4/c1-24-10-9-21(12-18(22)25-2)19(23)13-7-8-17-15(11-13)14-5-3-4-6-16(14)20-17/h7-8,11,20H,3-6,9-10,12H2,1-2H3. The van der Waals surface area contributed by atoms with Crippen LogP contribution in [0.4, 0.5) is 0 Å². The van der Waals surface area contributed by atoms with Gasteiger partial charge in [-0.25, -0.2) is 0 Å². The second-order valence-corrected chi connectivity index (χ2v) is 6.35. The van der Waals surface area contributed by atoms with Gasteiger partial charge in [0.1, 0.15) is 6.54 Å². The van der Waals surface area contributed by atoms with Crippen molar-refractivity contribution in [1.82, 2.24) is 9.88 Å². The minimum atomic E-state index is -0.440. The van der Waals surface area contributed by atoms with E-state index < -0.39 is 5.97 Å². The van der Waals surface area contributed by atoms with E-state index in [9.17, 15) is 9.59 Å². The third-order valence-corrected chi connectivity index (χ3v) is 4.75. The van der Waals surface area contributed by atoms with Crippen molar-refractivity contribution in [1.29, 1.82) is 0 Å². The summed E-state index contributed by atoms with van der Waals surface area (Å²) in [7, 11) is 2.89. The quantitative estimate of drug-likeness (QED) is 0.816. The number of nitrogens with one attached hydrogen (secondary N) is 1. The zero-order valence-electron chi connectivity index (χ0n) is 14.8. The topological polar surface area (TPSA) is 71.6 Å². The molecule has 134 valence electrons. The molecule has 0 unspecified atom stereocenters. The molecule has 1 aliphatic carbocycles. The summed E-state index contributed by atoms with van der Waals surface area (Å²) in [6.07, 6.45) is 4.49. The highest BCUT2D eigenvalue weighted by atomic mass is 16.5. The van der Waals surface area contributed by atoms with Crippen LogP contribution >= 0.6 is 0 Å². The van der Waals surface area contributed by atoms with Crippen molar-refractivity contribution < 1.29 is 19.1 Å². The summed E-state index contributed by atoms with van der Waals surface area (Å²) in [5.41, 5.74) is 4.27. The third kappa shape index (κ3) is 3.69. The first-order chi connectivity index (χ1) is 12.1. The number of amides is 1. The molecule has 1 aliphatic rings. The summed E-state index contributed by atoms with van der Waals surface area (Å²) < 4.78 is 9.76. The summed E-state index contributed by atoms with van der Waals surface area (Å²) >= 11 is 0. The lowest BCUT2D eigenvalue weighted by Crippen LogP contribution is -2.38. The van der Waals surface area contributed by atoms with Gasteiger partial charge in [0.25, 0.3) is 5.91 Å². The summed E-state index contributed by atoms with van der Waals surface area (Å²) in [4.78, 5) is 29.4. The molecule has 1 aromatic heterocycles. The van der Waals surface area contributed by atoms with Gasteiger partial charge in [0.05, 0.1) is 13.7 Å². The number of nitrogens with zero attached hydrogens (tertiary/aromatic N) is 1. The number of esters is 1. The number of aryl methyl sites for hydroxylation is 2. The van der Waals surface area contributed by atoms with E-state index in [1.165, 1.54) is 36.1 Å². The maximum absolute atomic E-state index is 12.9. The normalized spacial score (nSPS) is 13.5. The van der Waals surface area contributed by atoms with Crippen LogP contribution in [0.2, 0.25) is 0 Å². The van der Waals surface area contributed by atoms with Crippen molar-refractivity contribution in [2.75, 3.05) is 33.9 Å². The first-order valence-electron chi connectivity index (χ1n) is 8.62. The Labute approximate surface area is 147 Å². The molecule has 1 amide bonds. The summed E-state index contributed by atoms with van der Waals surface area (Å²) in [5, 5.41) is 1.12. The van der Waals surface area contributed by atoms with Gasteiger partial charge in [-0.2, -0.15) is 0 Å². The molecule has 0 saturated heterocycles. The fraction of sp³-hybridized carbons (Fsp3) is 0.474. The van der Waals surface area contributed by atoms with Gasteiger partial charge in [-0.15, -0.1) is 0 Å². The van der Waals surface area contributed by atoms with Gasteiger partial charge in [0.15, 0.2) is 0 Å². The molecule has 1 aromatic carbocycles. The zero-order valence-corrected chi connectivity index (χ0v) is 14.8. The maximum Gasteiger partial charge on any atom is 0.325 e. The van der Waals surface area contributed by atoms with E-state index >= 15 is 0 Å². The van der Waals surface area contributed by atoms with E-state index in [0.717, 1.165) is 23.7 Å². The van der Waals surface area contributed by atoms with Crippen LogP contribution in [0.5, 0.6) is 0 Å². The summed E-state index contributed by atoms with van der Waals surface area (Å²) in [5.74, 6) is -0.625. The van der Waals surface area contributed by atoms with Crippen LogP contribution in [0.25, 0.3) is 10.9 Å². The zero-order chi connectivity index (χ0) is 17.8. The lowest BCUT2D eigenvalue weighted by Gasteiger charge is -2.21. The number of carbonyl (C=O) groups is 2. The number of H-pyrrole nitrogens is 1. The Balaban J connectivity index is 1.89. The molecule has 0 atom stereocenters. The van der Waals surface area contributed by atoms with E-state index in [2.05, 4.69) is 4.98 Å². The molecule has 0 fully saturated rings. The predicted molar refractivity (Wildman–Crippen MR) is 94.7 cm³/mol. The Morgan fingerprint density at radius 1 is 1.20 bits per heavy atom. The Hall–Kier alpha value is -2.34. The van der Waals surface area contributed by atoms with E-state index in [0.29, 0.717) is 18.7 Å². The number of ether oxygens (including phenoxy) is 2. The van der Waals surface area contributed by atoms with Crippen LogP contribution in [0, 0.1) is 0 Å². The third-order valence-electron chi connectivity index (χ3n) is 4.75. The van der Waals surface area contributed by atoms with Crippen molar-refractivity contribution in [2.24, 2.45) is 0 Å². The largest absolute Gasteiger partial charge is 0.468 e. The van der Waals surface area contributed by atoms with Crippen molar-refractivity contribution in [2.45, 2.75) is 25.7 Å². The van der Waals surface area contributed by atoms with Crippen LogP contribution < -0.4 is 0 Å². The average Bonchev–Trinajstić information content (AvgIpc) is 3.02. The van der Waals surface area contributed by atoms with E-state index in [1.807, 2.05) is 18.2 Å². The minimum absolute atomic E-state index is 0.0814. The number of aromatic nitrogens is 1. The second kappa shape index (κ2) is 7.70. The molecule has 0 aliphatic heterocycles. The maximum atomic E-state index is 12.9. The molecular formula is C19H24N2O4. The van der Waals surface area contributed by atoms with Gasteiger partial charge in [0.2, 0.25) is 0 Å². The highest BCUT2D eigenvalue weighted by Gasteiger charge is 2.21. The fourth-order valence-electron chi connectivity index (χ4n) is 3.40. The predicted octanol–water partition coefficient (Wildman–Crippen LogP) is 2.31. The Morgan fingerprint density at radius 2 is 2.00 bits per heavy atom. The lowest BCUT2D eigenvalue weighted by molar-refractivity contribution is -0.141. The molecule has 25 heavy (non-hydrogen) atoms. The molecule has 1 heterocycles. The minimum Gasteiger partial charge on any atom is -0.468 e. The molecule has 6 heteroatoms. The Kier molecular flexibility index (Phi) is 5.38. The smallest absolute Gasteiger partial charge is 0.325 e. The van der Waals surface area contributed by atoms with Crippen LogP contribution in [-0.2, 0) is 27.1 Å². The molecule has 1 N–H and O–H groups in total. The van der Waals surface area contributed by atoms with Crippen molar-refractivity contribution in [3.63, 3.8) is 0 Å². The molecule has 2 aromatic rings. The fourth-order valence-corrected chi connectivity index (χ4v) is 3.40. The number of methoxy groups -OCH3 is 2. The molecule has 0 bridgehead atoms. The molecule has 0 saturated carbocycles. The van der Waals surface area contributed by atoms with Crippen LogP contribution in [-0.4, -0.2) is 55.7 Å².